The van der Waals surface area contributed by atoms with Crippen LogP contribution in [0.5, 0.6) is 0 Å². The number of aryl methyl sites for hydroxylation is 1. The number of thiophene rings is 1. The van der Waals surface area contributed by atoms with E-state index in [0.29, 0.717) is 0 Å². The molecule has 0 radical (unpaired) electrons. The van der Waals surface area contributed by atoms with Crippen LogP contribution in [0.3, 0.4) is 0 Å². The molecule has 0 bridgehead atoms. The van der Waals surface area contributed by atoms with E-state index in [4.69, 9.17) is 0 Å². The molecular formula is C19H23NS. The van der Waals surface area contributed by atoms with Crippen molar-refractivity contribution in [3.05, 3.63) is 63.9 Å². The molecule has 2 heteroatoms. The third-order valence-electron chi connectivity index (χ3n) is 4.22. The second-order valence-corrected chi connectivity index (χ2v) is 6.84. The third-order valence-corrected chi connectivity index (χ3v) is 5.20. The lowest BCUT2D eigenvalue weighted by molar-refractivity contribution is 0.375. The number of rotatable bonds is 5. The van der Waals surface area contributed by atoms with Gasteiger partial charge in [0.15, 0.2) is 0 Å². The van der Waals surface area contributed by atoms with E-state index in [1.807, 2.05) is 11.3 Å². The van der Waals surface area contributed by atoms with Gasteiger partial charge in [0.1, 0.15) is 0 Å². The lowest BCUT2D eigenvalue weighted by Crippen LogP contribution is -2.21. The molecule has 1 aliphatic rings. The largest absolute Gasteiger partial charge is 0.302 e. The maximum atomic E-state index is 2.44. The average molecular weight is 297 g/mol. The maximum absolute atomic E-state index is 2.44. The van der Waals surface area contributed by atoms with Gasteiger partial charge in [0.05, 0.1) is 0 Å². The SMILES string of the molecule is CN(C/C=C1\CCCc2sccc21)CCc1ccccc1. The molecular weight excluding hydrogens is 274 g/mol. The van der Waals surface area contributed by atoms with Gasteiger partial charge >= 0.3 is 0 Å². The van der Waals surface area contributed by atoms with Gasteiger partial charge in [0.25, 0.3) is 0 Å². The molecule has 1 heterocycles. The minimum Gasteiger partial charge on any atom is -0.302 e. The highest BCUT2D eigenvalue weighted by Gasteiger charge is 2.14. The average Bonchev–Trinajstić information content (AvgIpc) is 3.01. The number of benzene rings is 1. The lowest BCUT2D eigenvalue weighted by atomic mass is 9.93. The fourth-order valence-electron chi connectivity index (χ4n) is 2.93. The summed E-state index contributed by atoms with van der Waals surface area (Å²) in [4.78, 5) is 4.00. The van der Waals surface area contributed by atoms with Crippen molar-refractivity contribution >= 4 is 16.9 Å². The molecule has 0 fully saturated rings. The van der Waals surface area contributed by atoms with Crippen LogP contribution in [-0.4, -0.2) is 25.0 Å². The summed E-state index contributed by atoms with van der Waals surface area (Å²) in [7, 11) is 2.22. The number of allylic oxidation sites excluding steroid dienone is 1. The molecule has 1 aromatic heterocycles. The minimum absolute atomic E-state index is 1.05. The van der Waals surface area contributed by atoms with Gasteiger partial charge in [0.2, 0.25) is 0 Å². The summed E-state index contributed by atoms with van der Waals surface area (Å²) < 4.78 is 0. The van der Waals surface area contributed by atoms with E-state index >= 15 is 0 Å². The third kappa shape index (κ3) is 3.84. The second kappa shape index (κ2) is 7.06. The Morgan fingerprint density at radius 2 is 2.00 bits per heavy atom. The topological polar surface area (TPSA) is 3.24 Å². The Kier molecular flexibility index (Phi) is 4.89. The monoisotopic (exact) mass is 297 g/mol. The fourth-order valence-corrected chi connectivity index (χ4v) is 3.89. The van der Waals surface area contributed by atoms with Gasteiger partial charge in [-0.2, -0.15) is 0 Å². The first kappa shape index (κ1) is 14.6. The van der Waals surface area contributed by atoms with Crippen LogP contribution in [0.2, 0.25) is 0 Å². The van der Waals surface area contributed by atoms with Gasteiger partial charge in [-0.1, -0.05) is 36.4 Å². The molecule has 0 spiro atoms. The second-order valence-electron chi connectivity index (χ2n) is 5.84. The summed E-state index contributed by atoms with van der Waals surface area (Å²) in [5.41, 5.74) is 4.50. The first-order valence-corrected chi connectivity index (χ1v) is 8.69. The summed E-state index contributed by atoms with van der Waals surface area (Å²) in [5.74, 6) is 0. The number of likely N-dealkylation sites (N-methyl/N-ethyl adjacent to an activating group) is 1. The van der Waals surface area contributed by atoms with Crippen LogP contribution in [0.25, 0.3) is 5.57 Å². The van der Waals surface area contributed by atoms with Gasteiger partial charge < -0.3 is 4.90 Å². The molecule has 1 aromatic carbocycles. The molecule has 0 atom stereocenters. The highest BCUT2D eigenvalue weighted by atomic mass is 32.1. The lowest BCUT2D eigenvalue weighted by Gasteiger charge is -2.18. The summed E-state index contributed by atoms with van der Waals surface area (Å²) in [5, 5.41) is 2.24. The zero-order valence-corrected chi connectivity index (χ0v) is 13.5. The molecule has 1 aliphatic carbocycles. The molecule has 21 heavy (non-hydrogen) atoms. The number of fused-ring (bicyclic) bond motifs is 1. The van der Waals surface area contributed by atoms with Crippen molar-refractivity contribution in [2.75, 3.05) is 20.1 Å². The Bertz CT molecular complexity index is 597. The van der Waals surface area contributed by atoms with Crippen LogP contribution in [0.15, 0.2) is 47.9 Å². The molecule has 0 saturated carbocycles. The predicted octanol–water partition coefficient (Wildman–Crippen LogP) is 4.64. The molecule has 0 amide bonds. The fraction of sp³-hybridized carbons (Fsp3) is 0.368. The van der Waals surface area contributed by atoms with Gasteiger partial charge in [-0.25, -0.2) is 0 Å². The minimum atomic E-state index is 1.05. The van der Waals surface area contributed by atoms with Crippen molar-refractivity contribution in [1.29, 1.82) is 0 Å². The Morgan fingerprint density at radius 1 is 1.14 bits per heavy atom. The van der Waals surface area contributed by atoms with Crippen molar-refractivity contribution in [2.45, 2.75) is 25.7 Å². The smallest absolute Gasteiger partial charge is 0.0166 e. The Labute approximate surface area is 131 Å². The van der Waals surface area contributed by atoms with Crippen molar-refractivity contribution in [3.63, 3.8) is 0 Å². The van der Waals surface area contributed by atoms with E-state index in [2.05, 4.69) is 59.8 Å². The highest BCUT2D eigenvalue weighted by molar-refractivity contribution is 7.10. The first-order valence-electron chi connectivity index (χ1n) is 7.81. The standard InChI is InChI=1S/C19H23NS/c1-20(13-10-16-6-3-2-4-7-16)14-11-17-8-5-9-19-18(17)12-15-21-19/h2-4,6-7,11-12,15H,5,8-10,13-14H2,1H3/b17-11+. The molecule has 0 unspecified atom stereocenters. The predicted molar refractivity (Wildman–Crippen MR) is 92.9 cm³/mol. The Balaban J connectivity index is 1.54. The van der Waals surface area contributed by atoms with Crippen LogP contribution in [0, 0.1) is 0 Å². The van der Waals surface area contributed by atoms with E-state index in [0.717, 1.165) is 19.5 Å². The zero-order valence-electron chi connectivity index (χ0n) is 12.7. The van der Waals surface area contributed by atoms with Gasteiger partial charge in [-0.15, -0.1) is 11.3 Å². The molecule has 0 aliphatic heterocycles. The van der Waals surface area contributed by atoms with Crippen molar-refractivity contribution in [3.8, 4) is 0 Å². The van der Waals surface area contributed by atoms with Crippen molar-refractivity contribution in [2.24, 2.45) is 0 Å². The normalized spacial score (nSPS) is 16.4. The summed E-state index contributed by atoms with van der Waals surface area (Å²) in [6.07, 6.45) is 7.40. The molecule has 1 nitrogen and oxygen atoms in total. The highest BCUT2D eigenvalue weighted by Crippen LogP contribution is 2.33. The van der Waals surface area contributed by atoms with Gasteiger partial charge in [0, 0.05) is 18.0 Å². The van der Waals surface area contributed by atoms with Gasteiger partial charge in [-0.05, 0) is 60.9 Å². The maximum Gasteiger partial charge on any atom is 0.0166 e. The van der Waals surface area contributed by atoms with E-state index in [-0.39, 0.29) is 0 Å². The van der Waals surface area contributed by atoms with Gasteiger partial charge in [-0.3, -0.25) is 0 Å². The molecule has 3 rings (SSSR count). The van der Waals surface area contributed by atoms with Crippen LogP contribution < -0.4 is 0 Å². The van der Waals surface area contributed by atoms with E-state index in [1.54, 1.807) is 10.5 Å². The number of hydrogen-bond acceptors (Lipinski definition) is 2. The first-order chi connectivity index (χ1) is 10.3. The Hall–Kier alpha value is -1.38. The number of hydrogen-bond donors (Lipinski definition) is 0. The van der Waals surface area contributed by atoms with Crippen molar-refractivity contribution in [1.82, 2.24) is 4.90 Å². The quantitative estimate of drug-likeness (QED) is 0.777. The van der Waals surface area contributed by atoms with Crippen LogP contribution >= 0.6 is 11.3 Å². The summed E-state index contributed by atoms with van der Waals surface area (Å²) in [6, 6.07) is 13.1. The molecule has 110 valence electrons. The van der Waals surface area contributed by atoms with Crippen LogP contribution in [-0.2, 0) is 12.8 Å². The molecule has 0 N–H and O–H groups in total. The summed E-state index contributed by atoms with van der Waals surface area (Å²) in [6.45, 7) is 2.17. The van der Waals surface area contributed by atoms with E-state index < -0.39 is 0 Å². The van der Waals surface area contributed by atoms with Crippen LogP contribution in [0.1, 0.15) is 28.8 Å². The molecule has 2 aromatic rings. The molecule has 0 saturated heterocycles. The van der Waals surface area contributed by atoms with Crippen molar-refractivity contribution < 1.29 is 0 Å². The summed E-state index contributed by atoms with van der Waals surface area (Å²) >= 11 is 1.92. The zero-order chi connectivity index (χ0) is 14.5. The van der Waals surface area contributed by atoms with E-state index in [1.165, 1.54) is 30.4 Å². The number of nitrogens with zero attached hydrogens (tertiary/aromatic N) is 1. The Morgan fingerprint density at radius 3 is 2.86 bits per heavy atom. The van der Waals surface area contributed by atoms with Crippen LogP contribution in [0.4, 0.5) is 0 Å². The van der Waals surface area contributed by atoms with E-state index in [9.17, 15) is 0 Å².